The molecule has 0 amide bonds. The Labute approximate surface area is 90.1 Å². The van der Waals surface area contributed by atoms with Crippen molar-refractivity contribution < 1.29 is 0 Å². The fourth-order valence-corrected chi connectivity index (χ4v) is 2.25. The highest BCUT2D eigenvalue weighted by Crippen LogP contribution is 2.26. The Morgan fingerprint density at radius 3 is 2.80 bits per heavy atom. The molecular formula is C12H18N2O. The van der Waals surface area contributed by atoms with Gasteiger partial charge < -0.3 is 9.88 Å². The molecule has 1 fully saturated rings. The minimum absolute atomic E-state index is 0.0420. The average Bonchev–Trinajstić information content (AvgIpc) is 2.58. The minimum Gasteiger partial charge on any atom is -0.381 e. The number of pyridine rings is 1. The van der Waals surface area contributed by atoms with Gasteiger partial charge in [0.25, 0.3) is 0 Å². The number of nitrogens with one attached hydrogen (secondary N) is 1. The van der Waals surface area contributed by atoms with Gasteiger partial charge in [-0.15, -0.1) is 0 Å². The molecule has 2 unspecified atom stereocenters. The van der Waals surface area contributed by atoms with E-state index < -0.39 is 0 Å². The zero-order valence-electron chi connectivity index (χ0n) is 9.36. The highest BCUT2D eigenvalue weighted by atomic mass is 16.1. The number of anilines is 1. The molecule has 0 aromatic carbocycles. The topological polar surface area (TPSA) is 34.0 Å². The maximum atomic E-state index is 11.2. The van der Waals surface area contributed by atoms with Gasteiger partial charge in [0.2, 0.25) is 5.56 Å². The zero-order chi connectivity index (χ0) is 10.8. The maximum absolute atomic E-state index is 11.2. The fraction of sp³-hybridized carbons (Fsp3) is 0.583. The first-order valence-corrected chi connectivity index (χ1v) is 5.58. The standard InChI is InChI=1S/C12H18N2O/c1-9-3-4-10(7-9)13-11-5-6-12(15)14(2)8-11/h5-6,8-10,13H,3-4,7H2,1-2H3. The summed E-state index contributed by atoms with van der Waals surface area (Å²) in [7, 11) is 1.78. The Morgan fingerprint density at radius 1 is 1.40 bits per heavy atom. The molecule has 0 aliphatic heterocycles. The highest BCUT2D eigenvalue weighted by Gasteiger charge is 2.20. The Hall–Kier alpha value is -1.25. The third kappa shape index (κ3) is 2.41. The molecule has 0 bridgehead atoms. The van der Waals surface area contributed by atoms with Crippen molar-refractivity contribution >= 4 is 5.69 Å². The molecule has 0 radical (unpaired) electrons. The summed E-state index contributed by atoms with van der Waals surface area (Å²) in [6.07, 6.45) is 5.65. The third-order valence-electron chi connectivity index (χ3n) is 3.15. The summed E-state index contributed by atoms with van der Waals surface area (Å²) in [6, 6.07) is 4.06. The van der Waals surface area contributed by atoms with Gasteiger partial charge in [0.1, 0.15) is 0 Å². The van der Waals surface area contributed by atoms with Gasteiger partial charge in [-0.1, -0.05) is 6.92 Å². The van der Waals surface area contributed by atoms with Gasteiger partial charge in [-0.2, -0.15) is 0 Å². The quantitative estimate of drug-likeness (QED) is 0.803. The van der Waals surface area contributed by atoms with E-state index >= 15 is 0 Å². The highest BCUT2D eigenvalue weighted by molar-refractivity contribution is 5.41. The molecule has 1 aliphatic carbocycles. The third-order valence-corrected chi connectivity index (χ3v) is 3.15. The summed E-state index contributed by atoms with van der Waals surface area (Å²) in [5.41, 5.74) is 1.09. The molecule has 82 valence electrons. The Morgan fingerprint density at radius 2 is 2.20 bits per heavy atom. The number of nitrogens with zero attached hydrogens (tertiary/aromatic N) is 1. The SMILES string of the molecule is CC1CCC(Nc2ccc(=O)n(C)c2)C1. The van der Waals surface area contributed by atoms with E-state index in [1.165, 1.54) is 19.3 Å². The van der Waals surface area contributed by atoms with Gasteiger partial charge in [-0.25, -0.2) is 0 Å². The van der Waals surface area contributed by atoms with Crippen LogP contribution in [0.25, 0.3) is 0 Å². The molecule has 15 heavy (non-hydrogen) atoms. The van der Waals surface area contributed by atoms with Gasteiger partial charge in [0.15, 0.2) is 0 Å². The van der Waals surface area contributed by atoms with Crippen LogP contribution in [-0.2, 0) is 7.05 Å². The summed E-state index contributed by atoms with van der Waals surface area (Å²) in [5.74, 6) is 0.829. The van der Waals surface area contributed by atoms with Crippen LogP contribution in [-0.4, -0.2) is 10.6 Å². The molecule has 1 saturated carbocycles. The van der Waals surface area contributed by atoms with Crippen molar-refractivity contribution in [2.75, 3.05) is 5.32 Å². The number of aryl methyl sites for hydroxylation is 1. The van der Waals surface area contributed by atoms with Crippen molar-refractivity contribution in [1.29, 1.82) is 0 Å². The van der Waals surface area contributed by atoms with Crippen molar-refractivity contribution in [2.45, 2.75) is 32.2 Å². The number of hydrogen-bond donors (Lipinski definition) is 1. The second-order valence-corrected chi connectivity index (χ2v) is 4.63. The Kier molecular flexibility index (Phi) is 2.80. The van der Waals surface area contributed by atoms with Crippen LogP contribution in [0.15, 0.2) is 23.1 Å². The lowest BCUT2D eigenvalue weighted by Gasteiger charge is -2.14. The second kappa shape index (κ2) is 4.09. The summed E-state index contributed by atoms with van der Waals surface area (Å²) in [4.78, 5) is 11.2. The first kappa shape index (κ1) is 10.3. The molecule has 0 saturated heterocycles. The molecular weight excluding hydrogens is 188 g/mol. The van der Waals surface area contributed by atoms with Crippen molar-refractivity contribution in [1.82, 2.24) is 4.57 Å². The summed E-state index contributed by atoms with van der Waals surface area (Å²) in [5, 5.41) is 3.48. The van der Waals surface area contributed by atoms with Gasteiger partial charge >= 0.3 is 0 Å². The molecule has 2 atom stereocenters. The van der Waals surface area contributed by atoms with E-state index in [1.807, 2.05) is 12.3 Å². The fourth-order valence-electron chi connectivity index (χ4n) is 2.25. The maximum Gasteiger partial charge on any atom is 0.250 e. The van der Waals surface area contributed by atoms with Gasteiger partial charge in [0.05, 0.1) is 5.69 Å². The van der Waals surface area contributed by atoms with Crippen LogP contribution >= 0.6 is 0 Å². The Bertz CT molecular complexity index is 397. The lowest BCUT2D eigenvalue weighted by molar-refractivity contribution is 0.602. The van der Waals surface area contributed by atoms with E-state index in [-0.39, 0.29) is 5.56 Å². The number of aromatic nitrogens is 1. The minimum atomic E-state index is 0.0420. The summed E-state index contributed by atoms with van der Waals surface area (Å²) < 4.78 is 1.61. The lowest BCUT2D eigenvalue weighted by atomic mass is 10.1. The van der Waals surface area contributed by atoms with E-state index in [0.717, 1.165) is 11.6 Å². The first-order chi connectivity index (χ1) is 7.15. The van der Waals surface area contributed by atoms with Crippen LogP contribution < -0.4 is 10.9 Å². The van der Waals surface area contributed by atoms with Gasteiger partial charge in [-0.05, 0) is 31.2 Å². The van der Waals surface area contributed by atoms with Gasteiger partial charge in [0, 0.05) is 25.4 Å². The second-order valence-electron chi connectivity index (χ2n) is 4.63. The largest absolute Gasteiger partial charge is 0.381 e. The molecule has 2 rings (SSSR count). The Balaban J connectivity index is 2.05. The molecule has 1 aliphatic rings. The van der Waals surface area contributed by atoms with Crippen LogP contribution in [0.1, 0.15) is 26.2 Å². The van der Waals surface area contributed by atoms with Crippen LogP contribution in [0.4, 0.5) is 5.69 Å². The summed E-state index contributed by atoms with van der Waals surface area (Å²) in [6.45, 7) is 2.29. The predicted molar refractivity (Wildman–Crippen MR) is 62.1 cm³/mol. The number of hydrogen-bond acceptors (Lipinski definition) is 2. The monoisotopic (exact) mass is 206 g/mol. The van der Waals surface area contributed by atoms with E-state index in [9.17, 15) is 4.79 Å². The summed E-state index contributed by atoms with van der Waals surface area (Å²) >= 11 is 0. The van der Waals surface area contributed by atoms with Crippen molar-refractivity contribution in [3.05, 3.63) is 28.7 Å². The van der Waals surface area contributed by atoms with Crippen LogP contribution in [0.5, 0.6) is 0 Å². The molecule has 1 heterocycles. The van der Waals surface area contributed by atoms with Gasteiger partial charge in [-0.3, -0.25) is 4.79 Å². The molecule has 1 aromatic rings. The van der Waals surface area contributed by atoms with Crippen LogP contribution in [0.3, 0.4) is 0 Å². The number of rotatable bonds is 2. The predicted octanol–water partition coefficient (Wildman–Crippen LogP) is 1.99. The normalized spacial score (nSPS) is 25.5. The molecule has 1 aromatic heterocycles. The molecule has 3 nitrogen and oxygen atoms in total. The molecule has 0 spiro atoms. The smallest absolute Gasteiger partial charge is 0.250 e. The average molecular weight is 206 g/mol. The molecule has 1 N–H and O–H groups in total. The van der Waals surface area contributed by atoms with Crippen molar-refractivity contribution in [2.24, 2.45) is 13.0 Å². The molecule has 3 heteroatoms. The van der Waals surface area contributed by atoms with Crippen molar-refractivity contribution in [3.8, 4) is 0 Å². The van der Waals surface area contributed by atoms with E-state index in [1.54, 1.807) is 17.7 Å². The zero-order valence-corrected chi connectivity index (χ0v) is 9.36. The van der Waals surface area contributed by atoms with E-state index in [4.69, 9.17) is 0 Å². The van der Waals surface area contributed by atoms with Crippen molar-refractivity contribution in [3.63, 3.8) is 0 Å². The van der Waals surface area contributed by atoms with E-state index in [2.05, 4.69) is 12.2 Å². The van der Waals surface area contributed by atoms with Crippen LogP contribution in [0.2, 0.25) is 0 Å². The first-order valence-electron chi connectivity index (χ1n) is 5.58. The van der Waals surface area contributed by atoms with Crippen LogP contribution in [0, 0.1) is 5.92 Å². The van der Waals surface area contributed by atoms with E-state index in [0.29, 0.717) is 6.04 Å². The lowest BCUT2D eigenvalue weighted by Crippen LogP contribution is -2.19.